The van der Waals surface area contributed by atoms with Crippen LogP contribution in [-0.2, 0) is 4.79 Å². The first-order valence-electron chi connectivity index (χ1n) is 11.7. The smallest absolute Gasteiger partial charge is 0.317 e. The molecule has 0 saturated carbocycles. The molecule has 2 aliphatic rings. The predicted molar refractivity (Wildman–Crippen MR) is 127 cm³/mol. The van der Waals surface area contributed by atoms with Gasteiger partial charge in [-0.25, -0.2) is 0 Å². The van der Waals surface area contributed by atoms with Gasteiger partial charge in [-0.15, -0.1) is 0 Å². The molecule has 0 aromatic heterocycles. The van der Waals surface area contributed by atoms with E-state index in [9.17, 15) is 9.90 Å². The molecule has 2 N–H and O–H groups in total. The average Bonchev–Trinajstić information content (AvgIpc) is 2.81. The molecule has 0 bridgehead atoms. The fourth-order valence-corrected chi connectivity index (χ4v) is 4.85. The van der Waals surface area contributed by atoms with Crippen LogP contribution in [-0.4, -0.2) is 66.2 Å². The van der Waals surface area contributed by atoms with Crippen LogP contribution in [0.5, 0.6) is 0 Å². The van der Waals surface area contributed by atoms with Crippen molar-refractivity contribution in [2.45, 2.75) is 31.8 Å². The number of piperazine rings is 1. The molecule has 168 valence electrons. The van der Waals surface area contributed by atoms with Gasteiger partial charge in [0.25, 0.3) is 0 Å². The van der Waals surface area contributed by atoms with Gasteiger partial charge < -0.3 is 10.4 Å². The van der Waals surface area contributed by atoms with Crippen LogP contribution in [0.3, 0.4) is 0 Å². The first-order valence-corrected chi connectivity index (χ1v) is 11.7. The summed E-state index contributed by atoms with van der Waals surface area (Å²) in [4.78, 5) is 15.8. The van der Waals surface area contributed by atoms with Gasteiger partial charge in [0.05, 0.1) is 12.6 Å². The van der Waals surface area contributed by atoms with E-state index in [1.54, 1.807) is 0 Å². The predicted octanol–water partition coefficient (Wildman–Crippen LogP) is 3.22. The van der Waals surface area contributed by atoms with Crippen molar-refractivity contribution >= 4 is 5.97 Å². The monoisotopic (exact) mass is 431 g/mol. The number of piperidine rings is 1. The molecule has 2 saturated heterocycles. The van der Waals surface area contributed by atoms with Gasteiger partial charge >= 0.3 is 5.97 Å². The van der Waals surface area contributed by atoms with Gasteiger partial charge in [0.2, 0.25) is 0 Å². The van der Waals surface area contributed by atoms with E-state index in [4.69, 9.17) is 0 Å². The fraction of sp³-hybridized carbons (Fsp3) is 0.444. The largest absolute Gasteiger partial charge is 0.480 e. The van der Waals surface area contributed by atoms with Gasteiger partial charge in [0.1, 0.15) is 0 Å². The SMILES string of the molecule is C[C@@H]1CN(C(c2ccccc2)c2cccc(C#CC3CCNCC3)c2)CCN1CC(=O)O. The number of carbonyl (C=O) groups is 1. The van der Waals surface area contributed by atoms with E-state index >= 15 is 0 Å². The van der Waals surface area contributed by atoms with E-state index in [1.165, 1.54) is 11.1 Å². The molecule has 32 heavy (non-hydrogen) atoms. The van der Waals surface area contributed by atoms with Gasteiger partial charge in [-0.05, 0) is 56.1 Å². The van der Waals surface area contributed by atoms with Crippen molar-refractivity contribution in [2.24, 2.45) is 5.92 Å². The maximum absolute atomic E-state index is 11.2. The lowest BCUT2D eigenvalue weighted by atomic mass is 9.94. The summed E-state index contributed by atoms with van der Waals surface area (Å²) in [5.41, 5.74) is 3.57. The Balaban J connectivity index is 1.58. The minimum absolute atomic E-state index is 0.104. The normalized spacial score (nSPS) is 21.5. The van der Waals surface area contributed by atoms with Crippen LogP contribution >= 0.6 is 0 Å². The van der Waals surface area contributed by atoms with Crippen LogP contribution in [0.2, 0.25) is 0 Å². The number of carboxylic acids is 1. The summed E-state index contributed by atoms with van der Waals surface area (Å²) >= 11 is 0. The summed E-state index contributed by atoms with van der Waals surface area (Å²) in [6, 6.07) is 19.6. The molecule has 0 aliphatic carbocycles. The zero-order chi connectivity index (χ0) is 22.3. The lowest BCUT2D eigenvalue weighted by molar-refractivity contribution is -0.139. The average molecular weight is 432 g/mol. The van der Waals surface area contributed by atoms with E-state index in [1.807, 2.05) is 0 Å². The minimum Gasteiger partial charge on any atom is -0.480 e. The molecular weight excluding hydrogens is 398 g/mol. The number of aliphatic carboxylic acids is 1. The van der Waals surface area contributed by atoms with Crippen LogP contribution in [0.4, 0.5) is 0 Å². The number of benzene rings is 2. The third-order valence-corrected chi connectivity index (χ3v) is 6.58. The van der Waals surface area contributed by atoms with Crippen LogP contribution in [0, 0.1) is 17.8 Å². The summed E-state index contributed by atoms with van der Waals surface area (Å²) in [6.07, 6.45) is 2.25. The highest BCUT2D eigenvalue weighted by atomic mass is 16.4. The van der Waals surface area contributed by atoms with Crippen LogP contribution in [0.25, 0.3) is 0 Å². The van der Waals surface area contributed by atoms with E-state index in [0.29, 0.717) is 5.92 Å². The summed E-state index contributed by atoms with van der Waals surface area (Å²) in [5, 5.41) is 12.6. The molecule has 0 amide bonds. The molecule has 2 aromatic carbocycles. The second kappa shape index (κ2) is 10.8. The standard InChI is InChI=1S/C27H33N3O2/c1-21-19-30(17-16-29(21)20-26(31)32)27(24-7-3-2-4-8-24)25-9-5-6-23(18-25)11-10-22-12-14-28-15-13-22/h2-9,18,21-22,27-28H,12-17,19-20H2,1H3,(H,31,32)/t21-,27?/m1/s1. The van der Waals surface area contributed by atoms with E-state index in [-0.39, 0.29) is 18.6 Å². The maximum atomic E-state index is 11.2. The molecule has 1 unspecified atom stereocenters. The zero-order valence-corrected chi connectivity index (χ0v) is 18.8. The summed E-state index contributed by atoms with van der Waals surface area (Å²) in [5.74, 6) is 6.64. The zero-order valence-electron chi connectivity index (χ0n) is 18.8. The molecule has 2 atom stereocenters. The molecular formula is C27H33N3O2. The van der Waals surface area contributed by atoms with Crippen molar-refractivity contribution < 1.29 is 9.90 Å². The molecule has 5 heteroatoms. The second-order valence-corrected chi connectivity index (χ2v) is 8.94. The molecule has 5 nitrogen and oxygen atoms in total. The number of rotatable bonds is 5. The molecule has 2 aliphatic heterocycles. The second-order valence-electron chi connectivity index (χ2n) is 8.94. The van der Waals surface area contributed by atoms with E-state index in [0.717, 1.165) is 51.1 Å². The highest BCUT2D eigenvalue weighted by Gasteiger charge is 2.31. The summed E-state index contributed by atoms with van der Waals surface area (Å²) in [7, 11) is 0. The topological polar surface area (TPSA) is 55.8 Å². The molecule has 2 heterocycles. The Morgan fingerprint density at radius 1 is 1.09 bits per heavy atom. The minimum atomic E-state index is -0.759. The van der Waals surface area contributed by atoms with Gasteiger partial charge in [-0.1, -0.05) is 54.3 Å². The van der Waals surface area contributed by atoms with Crippen molar-refractivity contribution in [1.29, 1.82) is 0 Å². The molecule has 0 radical (unpaired) electrons. The highest BCUT2D eigenvalue weighted by molar-refractivity contribution is 5.69. The fourth-order valence-electron chi connectivity index (χ4n) is 4.85. The summed E-state index contributed by atoms with van der Waals surface area (Å²) < 4.78 is 0. The Bertz CT molecular complexity index is 960. The van der Waals surface area contributed by atoms with E-state index in [2.05, 4.69) is 88.5 Å². The van der Waals surface area contributed by atoms with Crippen LogP contribution in [0.1, 0.15) is 42.5 Å². The Morgan fingerprint density at radius 2 is 1.84 bits per heavy atom. The Morgan fingerprint density at radius 3 is 2.56 bits per heavy atom. The number of hydrogen-bond acceptors (Lipinski definition) is 4. The van der Waals surface area contributed by atoms with Crippen molar-refractivity contribution in [3.05, 3.63) is 71.3 Å². The third-order valence-electron chi connectivity index (χ3n) is 6.58. The van der Waals surface area contributed by atoms with Crippen LogP contribution < -0.4 is 5.32 Å². The van der Waals surface area contributed by atoms with Crippen molar-refractivity contribution in [2.75, 3.05) is 39.3 Å². The first kappa shape index (κ1) is 22.5. The number of carboxylic acid groups (broad SMARTS) is 1. The van der Waals surface area contributed by atoms with Crippen molar-refractivity contribution in [1.82, 2.24) is 15.1 Å². The van der Waals surface area contributed by atoms with Gasteiger partial charge in [0, 0.05) is 37.2 Å². The Kier molecular flexibility index (Phi) is 7.59. The molecule has 4 rings (SSSR count). The van der Waals surface area contributed by atoms with E-state index < -0.39 is 5.97 Å². The number of nitrogens with one attached hydrogen (secondary N) is 1. The van der Waals surface area contributed by atoms with Gasteiger partial charge in [0.15, 0.2) is 0 Å². The lowest BCUT2D eigenvalue weighted by Crippen LogP contribution is -2.54. The van der Waals surface area contributed by atoms with Gasteiger partial charge in [-0.2, -0.15) is 0 Å². The summed E-state index contributed by atoms with van der Waals surface area (Å²) in [6.45, 7) is 6.76. The first-order chi connectivity index (χ1) is 15.6. The molecule has 2 aromatic rings. The number of hydrogen-bond donors (Lipinski definition) is 2. The molecule has 2 fully saturated rings. The van der Waals surface area contributed by atoms with Crippen LogP contribution in [0.15, 0.2) is 54.6 Å². The Labute approximate surface area is 191 Å². The van der Waals surface area contributed by atoms with Crippen molar-refractivity contribution in [3.63, 3.8) is 0 Å². The van der Waals surface area contributed by atoms with Gasteiger partial charge in [-0.3, -0.25) is 14.6 Å². The number of nitrogens with zero attached hydrogens (tertiary/aromatic N) is 2. The molecule has 0 spiro atoms. The highest BCUT2D eigenvalue weighted by Crippen LogP contribution is 2.31. The Hall–Kier alpha value is -2.65. The quantitative estimate of drug-likeness (QED) is 0.712. The maximum Gasteiger partial charge on any atom is 0.317 e. The lowest BCUT2D eigenvalue weighted by Gasteiger charge is -2.43. The van der Waals surface area contributed by atoms with Crippen molar-refractivity contribution in [3.8, 4) is 11.8 Å². The third kappa shape index (κ3) is 5.77.